The number of nitrogens with one attached hydrogen (secondary N) is 1. The summed E-state index contributed by atoms with van der Waals surface area (Å²) in [6, 6.07) is 2.13. The highest BCUT2D eigenvalue weighted by atomic mass is 79.9. The molecule has 0 aromatic carbocycles. The normalized spacial score (nSPS) is 17.8. The maximum atomic E-state index is 4.25. The molecular weight excluding hydrogens is 364 g/mol. The van der Waals surface area contributed by atoms with E-state index in [2.05, 4.69) is 39.2 Å². The van der Waals surface area contributed by atoms with Gasteiger partial charge in [-0.25, -0.2) is 4.98 Å². The average molecular weight is 375 g/mol. The highest BCUT2D eigenvalue weighted by Gasteiger charge is 2.18. The quantitative estimate of drug-likeness (QED) is 0.751. The fourth-order valence-electron chi connectivity index (χ4n) is 1.34. The van der Waals surface area contributed by atoms with Crippen LogP contribution in [0.5, 0.6) is 0 Å². The van der Waals surface area contributed by atoms with Gasteiger partial charge in [0.1, 0.15) is 5.82 Å². The molecule has 1 aliphatic heterocycles. The van der Waals surface area contributed by atoms with E-state index >= 15 is 0 Å². The van der Waals surface area contributed by atoms with Crippen LogP contribution in [0.25, 0.3) is 0 Å². The molecule has 1 aromatic rings. The number of hydrogen-bond acceptors (Lipinski definition) is 2. The molecule has 2 nitrogen and oxygen atoms in total. The number of nitrogens with zero attached hydrogens (tertiary/aromatic N) is 1. The standard InChI is InChI=1S/C8H9BrN2.2BrH/c1-5-3-10-8-7(5)2-6(9)4-11-8;;/h2,4-5H,3H2,1H3,(H,10,11);2*1H. The molecule has 1 atom stereocenters. The molecule has 5 heteroatoms. The lowest BCUT2D eigenvalue weighted by Gasteiger charge is -2.00. The lowest BCUT2D eigenvalue weighted by Crippen LogP contribution is -1.96. The van der Waals surface area contributed by atoms with Crippen molar-refractivity contribution in [3.8, 4) is 0 Å². The Bertz CT molecular complexity index is 291. The zero-order valence-electron chi connectivity index (χ0n) is 7.08. The van der Waals surface area contributed by atoms with Gasteiger partial charge in [-0.3, -0.25) is 0 Å². The Labute approximate surface area is 107 Å². The van der Waals surface area contributed by atoms with E-state index < -0.39 is 0 Å². The second-order valence-corrected chi connectivity index (χ2v) is 3.79. The molecule has 2 rings (SSSR count). The SMILES string of the molecule is Br.Br.CC1CNc2ncc(Br)cc21. The molecule has 0 saturated carbocycles. The molecule has 0 fully saturated rings. The van der Waals surface area contributed by atoms with Gasteiger partial charge in [0, 0.05) is 28.7 Å². The second-order valence-electron chi connectivity index (χ2n) is 2.87. The fourth-order valence-corrected chi connectivity index (χ4v) is 1.69. The van der Waals surface area contributed by atoms with Gasteiger partial charge in [-0.1, -0.05) is 6.92 Å². The fraction of sp³-hybridized carbons (Fsp3) is 0.375. The van der Waals surface area contributed by atoms with Gasteiger partial charge in [0.25, 0.3) is 0 Å². The summed E-state index contributed by atoms with van der Waals surface area (Å²) in [5, 5.41) is 3.25. The van der Waals surface area contributed by atoms with Crippen LogP contribution in [0.3, 0.4) is 0 Å². The van der Waals surface area contributed by atoms with E-state index in [-0.39, 0.29) is 34.0 Å². The summed E-state index contributed by atoms with van der Waals surface area (Å²) in [5.41, 5.74) is 1.32. The van der Waals surface area contributed by atoms with Crippen LogP contribution >= 0.6 is 49.9 Å². The number of pyridine rings is 1. The predicted octanol–water partition coefficient (Wildman–Crippen LogP) is 3.53. The van der Waals surface area contributed by atoms with Gasteiger partial charge in [0.2, 0.25) is 0 Å². The minimum absolute atomic E-state index is 0. The van der Waals surface area contributed by atoms with Crippen LogP contribution in [0.15, 0.2) is 16.7 Å². The Morgan fingerprint density at radius 2 is 2.23 bits per heavy atom. The Kier molecular flexibility index (Phi) is 5.47. The number of anilines is 1. The molecule has 1 aliphatic rings. The van der Waals surface area contributed by atoms with Gasteiger partial charge in [-0.05, 0) is 22.0 Å². The lowest BCUT2D eigenvalue weighted by atomic mass is 10.1. The Morgan fingerprint density at radius 1 is 1.54 bits per heavy atom. The van der Waals surface area contributed by atoms with Crippen LogP contribution in [0.2, 0.25) is 0 Å². The Morgan fingerprint density at radius 3 is 2.92 bits per heavy atom. The smallest absolute Gasteiger partial charge is 0.129 e. The van der Waals surface area contributed by atoms with Crippen molar-refractivity contribution in [2.24, 2.45) is 0 Å². The zero-order valence-corrected chi connectivity index (χ0v) is 12.1. The second kappa shape index (κ2) is 5.32. The van der Waals surface area contributed by atoms with Gasteiger partial charge in [0.15, 0.2) is 0 Å². The van der Waals surface area contributed by atoms with E-state index in [1.165, 1.54) is 5.56 Å². The van der Waals surface area contributed by atoms with Crippen LogP contribution in [0.1, 0.15) is 18.4 Å². The molecule has 1 aromatic heterocycles. The molecule has 0 saturated heterocycles. The minimum atomic E-state index is 0. The molecule has 0 amide bonds. The van der Waals surface area contributed by atoms with Gasteiger partial charge in [-0.2, -0.15) is 0 Å². The van der Waals surface area contributed by atoms with E-state index in [0.717, 1.165) is 16.8 Å². The van der Waals surface area contributed by atoms with Crippen LogP contribution in [0.4, 0.5) is 5.82 Å². The number of hydrogen-bond donors (Lipinski definition) is 1. The molecular formula is C8H11Br3N2. The zero-order chi connectivity index (χ0) is 7.84. The third-order valence-electron chi connectivity index (χ3n) is 1.99. The van der Waals surface area contributed by atoms with E-state index in [0.29, 0.717) is 5.92 Å². The molecule has 0 bridgehead atoms. The summed E-state index contributed by atoms with van der Waals surface area (Å²) >= 11 is 3.40. The van der Waals surface area contributed by atoms with Gasteiger partial charge >= 0.3 is 0 Å². The number of aromatic nitrogens is 1. The molecule has 1 unspecified atom stereocenters. The van der Waals surface area contributed by atoms with E-state index in [9.17, 15) is 0 Å². The van der Waals surface area contributed by atoms with Crippen molar-refractivity contribution in [2.45, 2.75) is 12.8 Å². The molecule has 1 N–H and O–H groups in total. The third-order valence-corrected chi connectivity index (χ3v) is 2.42. The van der Waals surface area contributed by atoms with Crippen molar-refractivity contribution in [3.05, 3.63) is 22.3 Å². The summed E-state index contributed by atoms with van der Waals surface area (Å²) in [6.45, 7) is 3.21. The average Bonchev–Trinajstić information content (AvgIpc) is 2.33. The monoisotopic (exact) mass is 372 g/mol. The maximum absolute atomic E-state index is 4.25. The molecule has 0 aliphatic carbocycles. The first-order chi connectivity index (χ1) is 5.27. The van der Waals surface area contributed by atoms with Crippen molar-refractivity contribution in [3.63, 3.8) is 0 Å². The summed E-state index contributed by atoms with van der Waals surface area (Å²) in [4.78, 5) is 4.25. The van der Waals surface area contributed by atoms with Crippen molar-refractivity contribution in [2.75, 3.05) is 11.9 Å². The minimum Gasteiger partial charge on any atom is -0.369 e. The van der Waals surface area contributed by atoms with Crippen LogP contribution in [-0.2, 0) is 0 Å². The van der Waals surface area contributed by atoms with Gasteiger partial charge < -0.3 is 5.32 Å². The molecule has 13 heavy (non-hydrogen) atoms. The largest absolute Gasteiger partial charge is 0.369 e. The Balaban J connectivity index is 0.000000720. The molecule has 2 heterocycles. The first-order valence-electron chi connectivity index (χ1n) is 3.66. The number of fused-ring (bicyclic) bond motifs is 1. The molecule has 0 spiro atoms. The number of rotatable bonds is 0. The highest BCUT2D eigenvalue weighted by molar-refractivity contribution is 9.10. The van der Waals surface area contributed by atoms with Gasteiger partial charge in [0.05, 0.1) is 0 Å². The van der Waals surface area contributed by atoms with Gasteiger partial charge in [-0.15, -0.1) is 34.0 Å². The molecule has 74 valence electrons. The van der Waals surface area contributed by atoms with Crippen LogP contribution in [0, 0.1) is 0 Å². The van der Waals surface area contributed by atoms with E-state index in [4.69, 9.17) is 0 Å². The first-order valence-corrected chi connectivity index (χ1v) is 4.46. The summed E-state index contributed by atoms with van der Waals surface area (Å²) in [6.07, 6.45) is 1.82. The van der Waals surface area contributed by atoms with Crippen molar-refractivity contribution in [1.29, 1.82) is 0 Å². The summed E-state index contributed by atoms with van der Waals surface area (Å²) < 4.78 is 1.06. The Hall–Kier alpha value is 0.390. The first kappa shape index (κ1) is 13.4. The summed E-state index contributed by atoms with van der Waals surface area (Å²) in [5.74, 6) is 1.63. The lowest BCUT2D eigenvalue weighted by molar-refractivity contribution is 0.853. The van der Waals surface area contributed by atoms with E-state index in [1.54, 1.807) is 0 Å². The number of halogens is 3. The van der Waals surface area contributed by atoms with E-state index in [1.807, 2.05) is 6.20 Å². The van der Waals surface area contributed by atoms with Crippen molar-refractivity contribution >= 4 is 55.7 Å². The summed E-state index contributed by atoms with van der Waals surface area (Å²) in [7, 11) is 0. The third kappa shape index (κ3) is 2.67. The molecule has 0 radical (unpaired) electrons. The highest BCUT2D eigenvalue weighted by Crippen LogP contribution is 2.30. The van der Waals surface area contributed by atoms with Crippen LogP contribution < -0.4 is 5.32 Å². The van der Waals surface area contributed by atoms with Crippen molar-refractivity contribution in [1.82, 2.24) is 4.98 Å². The maximum Gasteiger partial charge on any atom is 0.129 e. The van der Waals surface area contributed by atoms with Crippen molar-refractivity contribution < 1.29 is 0 Å². The van der Waals surface area contributed by atoms with Crippen LogP contribution in [-0.4, -0.2) is 11.5 Å². The predicted molar refractivity (Wildman–Crippen MR) is 69.5 cm³/mol. The topological polar surface area (TPSA) is 24.9 Å².